The average Bonchev–Trinajstić information content (AvgIpc) is 2.41. The smallest absolute Gasteiger partial charge is 0.141 e. The first-order chi connectivity index (χ1) is 9.15. The van der Waals surface area contributed by atoms with Crippen LogP contribution in [-0.2, 0) is 0 Å². The Morgan fingerprint density at radius 2 is 2.16 bits per heavy atom. The molecule has 1 aliphatic heterocycles. The second-order valence-corrected chi connectivity index (χ2v) is 5.61. The largest absolute Gasteiger partial charge is 0.309 e. The molecule has 0 radical (unpaired) electrons. The summed E-state index contributed by atoms with van der Waals surface area (Å²) < 4.78 is 12.8. The van der Waals surface area contributed by atoms with E-state index in [0.29, 0.717) is 0 Å². The lowest BCUT2D eigenvalue weighted by Crippen LogP contribution is -2.32. The molecule has 0 aromatic carbocycles. The molecule has 2 rings (SSSR count). The quantitative estimate of drug-likeness (QED) is 0.887. The summed E-state index contributed by atoms with van der Waals surface area (Å²) in [7, 11) is 2.19. The van der Waals surface area contributed by atoms with Crippen molar-refractivity contribution in [3.05, 3.63) is 29.8 Å². The van der Waals surface area contributed by atoms with Crippen LogP contribution in [-0.4, -0.2) is 36.6 Å². The van der Waals surface area contributed by atoms with Gasteiger partial charge in [0.2, 0.25) is 0 Å². The third-order valence-corrected chi connectivity index (χ3v) is 4.04. The fourth-order valence-electron chi connectivity index (χ4n) is 2.60. The summed E-state index contributed by atoms with van der Waals surface area (Å²) in [4.78, 5) is 6.51. The summed E-state index contributed by atoms with van der Waals surface area (Å²) in [5.74, 6) is 0.569. The van der Waals surface area contributed by atoms with Gasteiger partial charge in [-0.15, -0.1) is 0 Å². The number of nitrogens with one attached hydrogen (secondary N) is 1. The lowest BCUT2D eigenvalue weighted by atomic mass is 9.94. The van der Waals surface area contributed by atoms with Crippen LogP contribution in [0.25, 0.3) is 0 Å². The molecule has 4 heteroatoms. The summed E-state index contributed by atoms with van der Waals surface area (Å²) in [5.41, 5.74) is 0.907. The maximum atomic E-state index is 12.8. The molecule has 3 nitrogen and oxygen atoms in total. The summed E-state index contributed by atoms with van der Waals surface area (Å²) in [5, 5.41) is 3.48. The van der Waals surface area contributed by atoms with Crippen molar-refractivity contribution in [1.29, 1.82) is 0 Å². The zero-order valence-corrected chi connectivity index (χ0v) is 11.9. The normalized spacial score (nSPS) is 19.5. The number of pyridine rings is 1. The molecule has 1 saturated heterocycles. The van der Waals surface area contributed by atoms with Crippen molar-refractivity contribution in [2.24, 2.45) is 5.92 Å². The van der Waals surface area contributed by atoms with Crippen LogP contribution >= 0.6 is 0 Å². The van der Waals surface area contributed by atoms with E-state index >= 15 is 0 Å². The number of piperidine rings is 1. The molecule has 0 saturated carbocycles. The second-order valence-electron chi connectivity index (χ2n) is 5.61. The lowest BCUT2D eigenvalue weighted by molar-refractivity contribution is 0.210. The van der Waals surface area contributed by atoms with Crippen molar-refractivity contribution in [3.8, 4) is 0 Å². The van der Waals surface area contributed by atoms with Crippen LogP contribution in [0.2, 0.25) is 0 Å². The number of halogens is 1. The molecule has 1 fully saturated rings. The Kier molecular flexibility index (Phi) is 5.28. The topological polar surface area (TPSA) is 28.2 Å². The number of hydrogen-bond donors (Lipinski definition) is 1. The van der Waals surface area contributed by atoms with Gasteiger partial charge in [0, 0.05) is 6.04 Å². The highest BCUT2D eigenvalue weighted by atomic mass is 19.1. The molecule has 0 bridgehead atoms. The van der Waals surface area contributed by atoms with Gasteiger partial charge in [0.1, 0.15) is 5.82 Å². The second kappa shape index (κ2) is 6.96. The molecule has 1 aromatic heterocycles. The molecule has 1 aromatic rings. The van der Waals surface area contributed by atoms with Gasteiger partial charge in [-0.05, 0) is 70.9 Å². The van der Waals surface area contributed by atoms with Crippen LogP contribution in [0.5, 0.6) is 0 Å². The molecule has 1 atom stereocenters. The Hall–Kier alpha value is -1.00. The van der Waals surface area contributed by atoms with Gasteiger partial charge < -0.3 is 10.2 Å². The number of aromatic nitrogens is 1. The monoisotopic (exact) mass is 265 g/mol. The zero-order valence-electron chi connectivity index (χ0n) is 11.9. The van der Waals surface area contributed by atoms with Crippen LogP contribution in [0.1, 0.15) is 37.9 Å². The molecule has 0 spiro atoms. The molecule has 2 heterocycles. The van der Waals surface area contributed by atoms with Crippen molar-refractivity contribution in [2.45, 2.75) is 32.2 Å². The zero-order chi connectivity index (χ0) is 13.7. The van der Waals surface area contributed by atoms with Gasteiger partial charge in [-0.1, -0.05) is 0 Å². The van der Waals surface area contributed by atoms with Crippen LogP contribution in [0.15, 0.2) is 18.3 Å². The van der Waals surface area contributed by atoms with Gasteiger partial charge in [0.25, 0.3) is 0 Å². The van der Waals surface area contributed by atoms with Crippen LogP contribution in [0.3, 0.4) is 0 Å². The van der Waals surface area contributed by atoms with Crippen molar-refractivity contribution in [3.63, 3.8) is 0 Å². The lowest BCUT2D eigenvalue weighted by Gasteiger charge is -2.29. The van der Waals surface area contributed by atoms with E-state index in [1.54, 1.807) is 6.07 Å². The van der Waals surface area contributed by atoms with Crippen molar-refractivity contribution in [2.75, 3.05) is 26.7 Å². The fraction of sp³-hybridized carbons (Fsp3) is 0.667. The van der Waals surface area contributed by atoms with E-state index in [1.165, 1.54) is 44.6 Å². The maximum Gasteiger partial charge on any atom is 0.141 e. The first-order valence-electron chi connectivity index (χ1n) is 7.18. The van der Waals surface area contributed by atoms with E-state index < -0.39 is 0 Å². The molecule has 106 valence electrons. The third kappa shape index (κ3) is 4.55. The minimum Gasteiger partial charge on any atom is -0.309 e. The Morgan fingerprint density at radius 1 is 1.42 bits per heavy atom. The number of likely N-dealkylation sites (tertiary alicyclic amines) is 1. The highest BCUT2D eigenvalue weighted by Crippen LogP contribution is 2.19. The molecule has 0 aliphatic carbocycles. The van der Waals surface area contributed by atoms with Crippen molar-refractivity contribution < 1.29 is 4.39 Å². The van der Waals surface area contributed by atoms with Gasteiger partial charge >= 0.3 is 0 Å². The molecular weight excluding hydrogens is 241 g/mol. The molecule has 1 N–H and O–H groups in total. The highest BCUT2D eigenvalue weighted by Gasteiger charge is 2.16. The summed E-state index contributed by atoms with van der Waals surface area (Å²) in [6, 6.07) is 3.41. The SMILES string of the molecule is CC(NCCC1CCN(C)CC1)c1ccc(F)cn1. The molecule has 19 heavy (non-hydrogen) atoms. The van der Waals surface area contributed by atoms with Crippen molar-refractivity contribution in [1.82, 2.24) is 15.2 Å². The Morgan fingerprint density at radius 3 is 2.79 bits per heavy atom. The van der Waals surface area contributed by atoms with Gasteiger partial charge in [0.05, 0.1) is 11.9 Å². The molecular formula is C15H24FN3. The maximum absolute atomic E-state index is 12.8. The number of rotatable bonds is 5. The Labute approximate surface area is 115 Å². The Balaban J connectivity index is 1.69. The standard InChI is InChI=1S/C15H24FN3/c1-12(15-4-3-14(16)11-18-15)17-8-5-13-6-9-19(2)10-7-13/h3-4,11-13,17H,5-10H2,1-2H3. The number of nitrogens with zero attached hydrogens (tertiary/aromatic N) is 2. The highest BCUT2D eigenvalue weighted by molar-refractivity contribution is 5.08. The summed E-state index contributed by atoms with van der Waals surface area (Å²) >= 11 is 0. The van der Waals surface area contributed by atoms with E-state index in [1.807, 2.05) is 0 Å². The molecule has 1 unspecified atom stereocenters. The van der Waals surface area contributed by atoms with E-state index in [9.17, 15) is 4.39 Å². The van der Waals surface area contributed by atoms with Crippen LogP contribution < -0.4 is 5.32 Å². The summed E-state index contributed by atoms with van der Waals surface area (Å²) in [6.45, 7) is 5.53. The average molecular weight is 265 g/mol. The van der Waals surface area contributed by atoms with E-state index in [2.05, 4.69) is 29.2 Å². The van der Waals surface area contributed by atoms with Gasteiger partial charge in [-0.25, -0.2) is 4.39 Å². The first-order valence-corrected chi connectivity index (χ1v) is 7.18. The van der Waals surface area contributed by atoms with E-state index in [0.717, 1.165) is 18.2 Å². The van der Waals surface area contributed by atoms with Gasteiger partial charge in [0.15, 0.2) is 0 Å². The fourth-order valence-corrected chi connectivity index (χ4v) is 2.60. The molecule has 1 aliphatic rings. The predicted octanol–water partition coefficient (Wildman–Crippen LogP) is 2.60. The van der Waals surface area contributed by atoms with Crippen LogP contribution in [0.4, 0.5) is 4.39 Å². The van der Waals surface area contributed by atoms with Crippen LogP contribution in [0, 0.1) is 11.7 Å². The number of hydrogen-bond acceptors (Lipinski definition) is 3. The molecule has 0 amide bonds. The van der Waals surface area contributed by atoms with Gasteiger partial charge in [-0.3, -0.25) is 4.98 Å². The third-order valence-electron chi connectivity index (χ3n) is 4.04. The first kappa shape index (κ1) is 14.4. The minimum atomic E-state index is -0.276. The van der Waals surface area contributed by atoms with E-state index in [4.69, 9.17) is 0 Å². The summed E-state index contributed by atoms with van der Waals surface area (Å²) in [6.07, 6.45) is 5.12. The van der Waals surface area contributed by atoms with E-state index in [-0.39, 0.29) is 11.9 Å². The predicted molar refractivity (Wildman–Crippen MR) is 75.5 cm³/mol. The van der Waals surface area contributed by atoms with Gasteiger partial charge in [-0.2, -0.15) is 0 Å². The Bertz CT molecular complexity index is 371. The van der Waals surface area contributed by atoms with Crippen molar-refractivity contribution >= 4 is 0 Å². The minimum absolute atomic E-state index is 0.187.